The fourth-order valence-corrected chi connectivity index (χ4v) is 4.91. The van der Waals surface area contributed by atoms with Gasteiger partial charge in [0.15, 0.2) is 5.82 Å². The van der Waals surface area contributed by atoms with Crippen molar-refractivity contribution in [2.24, 2.45) is 5.41 Å². The maximum absolute atomic E-state index is 14.8. The third kappa shape index (κ3) is 4.04. The lowest BCUT2D eigenvalue weighted by molar-refractivity contribution is -0.0539. The van der Waals surface area contributed by atoms with Gasteiger partial charge < -0.3 is 14.6 Å². The Bertz CT molecular complexity index is 1130. The Morgan fingerprint density at radius 3 is 2.88 bits per heavy atom. The van der Waals surface area contributed by atoms with Gasteiger partial charge in [-0.05, 0) is 74.2 Å². The fourth-order valence-electron chi connectivity index (χ4n) is 4.91. The van der Waals surface area contributed by atoms with Gasteiger partial charge in [0.05, 0.1) is 5.56 Å². The number of rotatable bonds is 5. The van der Waals surface area contributed by atoms with E-state index in [0.717, 1.165) is 50.6 Å². The Balaban J connectivity index is 1.29. The Hall–Kier alpha value is -3.07. The highest BCUT2D eigenvalue weighted by Gasteiger charge is 2.46. The van der Waals surface area contributed by atoms with Gasteiger partial charge in [0.1, 0.15) is 24.1 Å². The SMILES string of the molecule is CCCn1cnnc1-c1cc2cc(NC(=O)OC3CC4(CCNCC4)C3)ncc2cc1F. The number of nitrogens with one attached hydrogen (secondary N) is 2. The first-order chi connectivity index (χ1) is 15.5. The van der Waals surface area contributed by atoms with Crippen molar-refractivity contribution >= 4 is 22.7 Å². The molecular formula is C23H27FN6O2. The quantitative estimate of drug-likeness (QED) is 0.622. The maximum atomic E-state index is 14.8. The molecule has 1 aliphatic carbocycles. The third-order valence-electron chi connectivity index (χ3n) is 6.62. The summed E-state index contributed by atoms with van der Waals surface area (Å²) >= 11 is 0. The zero-order valence-electron chi connectivity index (χ0n) is 18.1. The molecule has 2 aromatic heterocycles. The second-order valence-electron chi connectivity index (χ2n) is 8.91. The van der Waals surface area contributed by atoms with Crippen LogP contribution in [-0.4, -0.2) is 45.0 Å². The van der Waals surface area contributed by atoms with Crippen molar-refractivity contribution in [1.82, 2.24) is 25.1 Å². The number of hydrogen-bond acceptors (Lipinski definition) is 6. The first-order valence-electron chi connectivity index (χ1n) is 11.2. The lowest BCUT2D eigenvalue weighted by Gasteiger charge is -2.49. The minimum Gasteiger partial charge on any atom is -0.446 e. The van der Waals surface area contributed by atoms with Gasteiger partial charge in [0.2, 0.25) is 0 Å². The van der Waals surface area contributed by atoms with Gasteiger partial charge in [-0.15, -0.1) is 10.2 Å². The predicted molar refractivity (Wildman–Crippen MR) is 119 cm³/mol. The number of hydrogen-bond donors (Lipinski definition) is 2. The molecule has 0 bridgehead atoms. The molecule has 168 valence electrons. The molecule has 5 rings (SSSR count). The number of carbonyl (C=O) groups excluding carboxylic acids is 1. The number of halogens is 1. The van der Waals surface area contributed by atoms with E-state index < -0.39 is 6.09 Å². The van der Waals surface area contributed by atoms with Gasteiger partial charge in [0.25, 0.3) is 0 Å². The number of fused-ring (bicyclic) bond motifs is 1. The molecular weight excluding hydrogens is 411 g/mol. The molecule has 2 fully saturated rings. The second kappa shape index (κ2) is 8.46. The van der Waals surface area contributed by atoms with Gasteiger partial charge in [-0.2, -0.15) is 0 Å². The fraction of sp³-hybridized carbons (Fsp3) is 0.478. The topological polar surface area (TPSA) is 94.0 Å². The number of amides is 1. The second-order valence-corrected chi connectivity index (χ2v) is 8.91. The van der Waals surface area contributed by atoms with Crippen LogP contribution in [0.15, 0.2) is 30.7 Å². The molecule has 2 N–H and O–H groups in total. The van der Waals surface area contributed by atoms with E-state index in [1.807, 2.05) is 11.5 Å². The highest BCUT2D eigenvalue weighted by Crippen LogP contribution is 2.49. The smallest absolute Gasteiger partial charge is 0.413 e. The largest absolute Gasteiger partial charge is 0.446 e. The first-order valence-corrected chi connectivity index (χ1v) is 11.2. The Morgan fingerprint density at radius 2 is 2.09 bits per heavy atom. The third-order valence-corrected chi connectivity index (χ3v) is 6.62. The molecule has 1 aromatic carbocycles. The molecule has 3 aromatic rings. The van der Waals surface area contributed by atoms with Crippen molar-refractivity contribution in [3.63, 3.8) is 0 Å². The van der Waals surface area contributed by atoms with Crippen molar-refractivity contribution in [3.05, 3.63) is 36.5 Å². The molecule has 32 heavy (non-hydrogen) atoms. The summed E-state index contributed by atoms with van der Waals surface area (Å²) in [7, 11) is 0. The van der Waals surface area contributed by atoms with E-state index >= 15 is 0 Å². The summed E-state index contributed by atoms with van der Waals surface area (Å²) in [6, 6.07) is 4.86. The monoisotopic (exact) mass is 438 g/mol. The van der Waals surface area contributed by atoms with Gasteiger partial charge >= 0.3 is 6.09 Å². The number of aryl methyl sites for hydroxylation is 1. The van der Waals surface area contributed by atoms with E-state index in [1.165, 1.54) is 6.07 Å². The van der Waals surface area contributed by atoms with Gasteiger partial charge in [0, 0.05) is 18.1 Å². The van der Waals surface area contributed by atoms with Crippen LogP contribution in [0.3, 0.4) is 0 Å². The molecule has 0 atom stereocenters. The summed E-state index contributed by atoms with van der Waals surface area (Å²) in [5.41, 5.74) is 0.709. The number of anilines is 1. The molecule has 0 unspecified atom stereocenters. The lowest BCUT2D eigenvalue weighted by Crippen LogP contribution is -2.49. The zero-order valence-corrected chi connectivity index (χ0v) is 18.1. The van der Waals surface area contributed by atoms with Crippen LogP contribution in [0.25, 0.3) is 22.2 Å². The molecule has 1 spiro atoms. The maximum Gasteiger partial charge on any atom is 0.413 e. The zero-order chi connectivity index (χ0) is 22.1. The molecule has 2 aliphatic rings. The van der Waals surface area contributed by atoms with Crippen molar-refractivity contribution in [1.29, 1.82) is 0 Å². The van der Waals surface area contributed by atoms with Crippen LogP contribution in [0, 0.1) is 11.2 Å². The normalized spacial score (nSPS) is 17.9. The van der Waals surface area contributed by atoms with Crippen molar-refractivity contribution in [2.45, 2.75) is 51.7 Å². The molecule has 8 nitrogen and oxygen atoms in total. The number of aromatic nitrogens is 4. The van der Waals surface area contributed by atoms with Crippen molar-refractivity contribution < 1.29 is 13.9 Å². The summed E-state index contributed by atoms with van der Waals surface area (Å²) in [6.07, 6.45) is 7.63. The van der Waals surface area contributed by atoms with E-state index in [0.29, 0.717) is 34.6 Å². The van der Waals surface area contributed by atoms with Crippen LogP contribution in [0.5, 0.6) is 0 Å². The lowest BCUT2D eigenvalue weighted by atomic mass is 9.62. The highest BCUT2D eigenvalue weighted by molar-refractivity contribution is 5.91. The minimum atomic E-state index is -0.504. The van der Waals surface area contributed by atoms with E-state index in [4.69, 9.17) is 4.74 Å². The van der Waals surface area contributed by atoms with E-state index in [1.54, 1.807) is 24.7 Å². The number of carbonyl (C=O) groups is 1. The van der Waals surface area contributed by atoms with Crippen molar-refractivity contribution in [3.8, 4) is 11.4 Å². The summed E-state index contributed by atoms with van der Waals surface area (Å²) in [4.78, 5) is 16.6. The summed E-state index contributed by atoms with van der Waals surface area (Å²) < 4.78 is 22.2. The summed E-state index contributed by atoms with van der Waals surface area (Å²) in [6.45, 7) is 4.82. The number of benzene rings is 1. The molecule has 1 saturated heterocycles. The Morgan fingerprint density at radius 1 is 1.28 bits per heavy atom. The van der Waals surface area contributed by atoms with E-state index in [2.05, 4.69) is 25.8 Å². The number of nitrogens with zero attached hydrogens (tertiary/aromatic N) is 4. The van der Waals surface area contributed by atoms with Gasteiger partial charge in [-0.3, -0.25) is 5.32 Å². The average molecular weight is 439 g/mol. The average Bonchev–Trinajstić information content (AvgIpc) is 3.21. The van der Waals surface area contributed by atoms with Crippen LogP contribution in [0.4, 0.5) is 15.0 Å². The number of piperidine rings is 1. The predicted octanol–water partition coefficient (Wildman–Crippen LogP) is 4.12. The molecule has 1 aliphatic heterocycles. The number of ether oxygens (including phenoxy) is 1. The van der Waals surface area contributed by atoms with Crippen LogP contribution in [-0.2, 0) is 11.3 Å². The van der Waals surface area contributed by atoms with Gasteiger partial charge in [-0.1, -0.05) is 6.92 Å². The molecule has 1 amide bonds. The van der Waals surface area contributed by atoms with Crippen LogP contribution < -0.4 is 10.6 Å². The summed E-state index contributed by atoms with van der Waals surface area (Å²) in [5, 5.41) is 15.5. The molecule has 1 saturated carbocycles. The standard InChI is InChI=1S/C23H27FN6O2/c1-2-7-30-14-27-29-21(30)18-8-15-10-20(26-13-16(15)9-19(18)24)28-22(31)32-17-11-23(12-17)3-5-25-6-4-23/h8-10,13-14,17,25H,2-7,11-12H2,1H3,(H,26,28,31). The van der Waals surface area contributed by atoms with Crippen LogP contribution in [0.2, 0.25) is 0 Å². The first kappa shape index (κ1) is 20.8. The van der Waals surface area contributed by atoms with Gasteiger partial charge in [-0.25, -0.2) is 14.2 Å². The summed E-state index contributed by atoms with van der Waals surface area (Å²) in [5.74, 6) is 0.460. The van der Waals surface area contributed by atoms with E-state index in [-0.39, 0.29) is 11.9 Å². The minimum absolute atomic E-state index is 0.0424. The number of pyridine rings is 1. The van der Waals surface area contributed by atoms with Crippen molar-refractivity contribution in [2.75, 3.05) is 18.4 Å². The molecule has 0 radical (unpaired) electrons. The van der Waals surface area contributed by atoms with Crippen LogP contribution in [0.1, 0.15) is 39.0 Å². The van der Waals surface area contributed by atoms with Crippen LogP contribution >= 0.6 is 0 Å². The Kier molecular flexibility index (Phi) is 5.50. The molecule has 9 heteroatoms. The highest BCUT2D eigenvalue weighted by atomic mass is 19.1. The molecule has 3 heterocycles. The van der Waals surface area contributed by atoms with E-state index in [9.17, 15) is 9.18 Å². The Labute approximate surface area is 185 Å².